The van der Waals surface area contributed by atoms with Gasteiger partial charge < -0.3 is 4.74 Å². The highest BCUT2D eigenvalue weighted by Gasteiger charge is 2.18. The van der Waals surface area contributed by atoms with Gasteiger partial charge in [0.05, 0.1) is 18.5 Å². The topological polar surface area (TPSA) is 43.4 Å². The van der Waals surface area contributed by atoms with Gasteiger partial charge in [-0.2, -0.15) is 0 Å². The molecule has 0 aromatic rings. The summed E-state index contributed by atoms with van der Waals surface area (Å²) < 4.78 is 27.1. The van der Waals surface area contributed by atoms with Crippen LogP contribution in [0.1, 0.15) is 32.6 Å². The van der Waals surface area contributed by atoms with E-state index in [-0.39, 0.29) is 11.7 Å². The lowest BCUT2D eigenvalue weighted by Crippen LogP contribution is -2.18. The number of rotatable bonds is 5. The molecule has 5 heteroatoms. The molecule has 1 unspecified atom stereocenters. The normalized spacial score (nSPS) is 21.3. The maximum atomic E-state index is 10.7. The molecule has 0 aromatic heterocycles. The second-order valence-corrected chi connectivity index (χ2v) is 6.87. The van der Waals surface area contributed by atoms with Crippen LogP contribution in [0.5, 0.6) is 0 Å². The highest BCUT2D eigenvalue weighted by atomic mass is 35.7. The number of halogens is 1. The van der Waals surface area contributed by atoms with Gasteiger partial charge in [-0.05, 0) is 18.8 Å². The summed E-state index contributed by atoms with van der Waals surface area (Å²) in [6, 6.07) is 0. The molecule has 0 radical (unpaired) electrons. The molecule has 0 aliphatic heterocycles. The molecule has 1 rings (SSSR count). The van der Waals surface area contributed by atoms with Crippen molar-refractivity contribution in [2.24, 2.45) is 5.92 Å². The predicted octanol–water partition coefficient (Wildman–Crippen LogP) is 2.15. The Labute approximate surface area is 90.2 Å². The van der Waals surface area contributed by atoms with Gasteiger partial charge in [0.1, 0.15) is 0 Å². The quantitative estimate of drug-likeness (QED) is 0.692. The first-order valence-electron chi connectivity index (χ1n) is 5.01. The molecule has 84 valence electrons. The summed E-state index contributed by atoms with van der Waals surface area (Å²) in [7, 11) is 1.76. The summed E-state index contributed by atoms with van der Waals surface area (Å²) in [6.45, 7) is 2.34. The molecule has 1 fully saturated rings. The van der Waals surface area contributed by atoms with Gasteiger partial charge in [-0.3, -0.25) is 0 Å². The Morgan fingerprint density at radius 3 is 2.50 bits per heavy atom. The third kappa shape index (κ3) is 5.17. The molecule has 0 saturated heterocycles. The van der Waals surface area contributed by atoms with Gasteiger partial charge in [0.2, 0.25) is 9.05 Å². The number of hydrogen-bond donors (Lipinski definition) is 0. The van der Waals surface area contributed by atoms with Crippen molar-refractivity contribution in [3.63, 3.8) is 0 Å². The van der Waals surface area contributed by atoms with Gasteiger partial charge in [-0.25, -0.2) is 8.42 Å². The first kappa shape index (κ1) is 12.3. The summed E-state index contributed by atoms with van der Waals surface area (Å²) in [4.78, 5) is 0. The molecular weight excluding hydrogens is 224 g/mol. The number of hydrogen-bond acceptors (Lipinski definition) is 3. The smallest absolute Gasteiger partial charge is 0.232 e. The first-order chi connectivity index (χ1) is 6.47. The molecule has 1 saturated carbocycles. The van der Waals surface area contributed by atoms with Gasteiger partial charge in [-0.1, -0.05) is 19.8 Å². The summed E-state index contributed by atoms with van der Waals surface area (Å²) >= 11 is 0. The summed E-state index contributed by atoms with van der Waals surface area (Å²) in [5, 5.41) is 0. The summed E-state index contributed by atoms with van der Waals surface area (Å²) in [5.74, 6) is -0.0144. The van der Waals surface area contributed by atoms with E-state index in [1.165, 1.54) is 12.8 Å². The van der Waals surface area contributed by atoms with Gasteiger partial charge >= 0.3 is 0 Å². The molecule has 14 heavy (non-hydrogen) atoms. The highest BCUT2D eigenvalue weighted by molar-refractivity contribution is 8.13. The van der Waals surface area contributed by atoms with Crippen molar-refractivity contribution >= 4 is 19.7 Å². The van der Waals surface area contributed by atoms with Crippen LogP contribution in [0.4, 0.5) is 0 Å². The first-order valence-corrected chi connectivity index (χ1v) is 7.49. The molecule has 0 aromatic carbocycles. The molecule has 3 nitrogen and oxygen atoms in total. The fourth-order valence-electron chi connectivity index (χ4n) is 1.74. The Morgan fingerprint density at radius 2 is 2.00 bits per heavy atom. The van der Waals surface area contributed by atoms with Crippen molar-refractivity contribution < 1.29 is 13.2 Å². The van der Waals surface area contributed by atoms with E-state index in [4.69, 9.17) is 15.4 Å². The Kier molecular flexibility index (Phi) is 4.67. The minimum absolute atomic E-state index is 0.00127. The molecule has 0 heterocycles. The van der Waals surface area contributed by atoms with Crippen molar-refractivity contribution in [1.29, 1.82) is 0 Å². The Morgan fingerprint density at radius 1 is 1.43 bits per heavy atom. The second-order valence-electron chi connectivity index (χ2n) is 4.05. The van der Waals surface area contributed by atoms with Gasteiger partial charge in [-0.15, -0.1) is 0 Å². The maximum Gasteiger partial charge on any atom is 0.232 e. The lowest BCUT2D eigenvalue weighted by atomic mass is 10.2. The van der Waals surface area contributed by atoms with E-state index in [2.05, 4.69) is 0 Å². The minimum atomic E-state index is -3.38. The summed E-state index contributed by atoms with van der Waals surface area (Å²) in [5.41, 5.74) is 0. The monoisotopic (exact) mass is 240 g/mol. The van der Waals surface area contributed by atoms with Crippen molar-refractivity contribution in [2.75, 3.05) is 12.4 Å². The fraction of sp³-hybridized carbons (Fsp3) is 1.00. The third-order valence-corrected chi connectivity index (χ3v) is 3.75. The van der Waals surface area contributed by atoms with Gasteiger partial charge in [0.15, 0.2) is 0 Å². The van der Waals surface area contributed by atoms with Crippen molar-refractivity contribution in [3.8, 4) is 0 Å². The van der Waals surface area contributed by atoms with E-state index in [0.29, 0.717) is 12.7 Å². The zero-order chi connectivity index (χ0) is 10.6. The zero-order valence-corrected chi connectivity index (χ0v) is 9.98. The van der Waals surface area contributed by atoms with E-state index >= 15 is 0 Å². The van der Waals surface area contributed by atoms with E-state index in [0.717, 1.165) is 12.8 Å². The fourth-order valence-corrected chi connectivity index (χ4v) is 3.16. The van der Waals surface area contributed by atoms with E-state index in [1.54, 1.807) is 0 Å². The third-order valence-electron chi connectivity index (χ3n) is 2.40. The second kappa shape index (κ2) is 5.33. The van der Waals surface area contributed by atoms with E-state index in [9.17, 15) is 8.42 Å². The molecule has 0 N–H and O–H groups in total. The molecule has 0 amide bonds. The lowest BCUT2D eigenvalue weighted by molar-refractivity contribution is 0.0413. The lowest BCUT2D eigenvalue weighted by Gasteiger charge is -2.14. The standard InChI is InChI=1S/C9H17ClO3S/c1-8(7-14(10,11)12)6-13-9-4-2-3-5-9/h8-9H,2-7H2,1H3. The van der Waals surface area contributed by atoms with Crippen LogP contribution in [-0.4, -0.2) is 26.9 Å². The van der Waals surface area contributed by atoms with Crippen LogP contribution >= 0.6 is 10.7 Å². The zero-order valence-electron chi connectivity index (χ0n) is 8.41. The molecule has 0 bridgehead atoms. The Balaban J connectivity index is 2.17. The molecule has 1 aliphatic rings. The van der Waals surface area contributed by atoms with Crippen molar-refractivity contribution in [2.45, 2.75) is 38.7 Å². The Hall–Kier alpha value is 0.200. The molecular formula is C9H17ClO3S. The van der Waals surface area contributed by atoms with E-state index in [1.807, 2.05) is 6.92 Å². The van der Waals surface area contributed by atoms with Crippen LogP contribution in [0.15, 0.2) is 0 Å². The van der Waals surface area contributed by atoms with Crippen LogP contribution in [0.3, 0.4) is 0 Å². The average Bonchev–Trinajstić information content (AvgIpc) is 2.49. The predicted molar refractivity (Wildman–Crippen MR) is 57.0 cm³/mol. The minimum Gasteiger partial charge on any atom is -0.378 e. The van der Waals surface area contributed by atoms with Crippen LogP contribution in [0, 0.1) is 5.92 Å². The van der Waals surface area contributed by atoms with Crippen LogP contribution < -0.4 is 0 Å². The van der Waals surface area contributed by atoms with Crippen molar-refractivity contribution in [1.82, 2.24) is 0 Å². The van der Waals surface area contributed by atoms with E-state index < -0.39 is 9.05 Å². The average molecular weight is 241 g/mol. The van der Waals surface area contributed by atoms with Crippen LogP contribution in [0.2, 0.25) is 0 Å². The van der Waals surface area contributed by atoms with Crippen LogP contribution in [0.25, 0.3) is 0 Å². The number of ether oxygens (including phenoxy) is 1. The SMILES string of the molecule is CC(COC1CCCC1)CS(=O)(=O)Cl. The largest absolute Gasteiger partial charge is 0.378 e. The molecule has 1 aliphatic carbocycles. The maximum absolute atomic E-state index is 10.7. The Bertz CT molecular complexity index is 257. The highest BCUT2D eigenvalue weighted by Crippen LogP contribution is 2.21. The molecule has 1 atom stereocenters. The van der Waals surface area contributed by atoms with Crippen molar-refractivity contribution in [3.05, 3.63) is 0 Å². The summed E-state index contributed by atoms with van der Waals surface area (Å²) in [6.07, 6.45) is 5.02. The van der Waals surface area contributed by atoms with Gasteiger partial charge in [0.25, 0.3) is 0 Å². The van der Waals surface area contributed by atoms with Gasteiger partial charge in [0, 0.05) is 10.7 Å². The van der Waals surface area contributed by atoms with Crippen LogP contribution in [-0.2, 0) is 13.8 Å². The molecule has 0 spiro atoms.